The van der Waals surface area contributed by atoms with E-state index >= 15 is 0 Å². The monoisotopic (exact) mass is 512 g/mol. The molecule has 0 aliphatic heterocycles. The molecule has 0 unspecified atom stereocenters. The van der Waals surface area contributed by atoms with Crippen LogP contribution in [0, 0.1) is 18.6 Å². The minimum Gasteiger partial charge on any atom is -0.444 e. The van der Waals surface area contributed by atoms with Crippen molar-refractivity contribution in [1.82, 2.24) is 14.1 Å². The van der Waals surface area contributed by atoms with E-state index in [-0.39, 0.29) is 39.7 Å². The van der Waals surface area contributed by atoms with E-state index in [1.165, 1.54) is 19.5 Å². The van der Waals surface area contributed by atoms with Crippen molar-refractivity contribution in [3.63, 3.8) is 0 Å². The third-order valence-corrected chi connectivity index (χ3v) is 5.93. The number of rotatable bonds is 6. The van der Waals surface area contributed by atoms with Crippen LogP contribution in [0.15, 0.2) is 31.5 Å². The Labute approximate surface area is 197 Å². The van der Waals surface area contributed by atoms with Gasteiger partial charge in [-0.15, -0.1) is 11.3 Å². The number of nitrogens with one attached hydrogen (secondary N) is 1. The van der Waals surface area contributed by atoms with Crippen LogP contribution < -0.4 is 21.3 Å². The Morgan fingerprint density at radius 3 is 2.49 bits per heavy atom. The standard InChI is InChI=1S/C21H16F4N4O5S/c1-8-10(15-17(31)28(2)21(32)29(3)18(15)33-8)6-14(30)27-20-26-13(7-35-20)9-4-11(22)16(12(23)5-9)34-19(24)25/h4-5,7,19H,6H2,1-3H3,(H,26,27,30). The van der Waals surface area contributed by atoms with E-state index in [9.17, 15) is 31.9 Å². The molecular formula is C21H16F4N4O5S. The second-order valence-corrected chi connectivity index (χ2v) is 8.29. The number of amides is 1. The first kappa shape index (κ1) is 24.2. The molecule has 0 saturated heterocycles. The number of thiazole rings is 1. The van der Waals surface area contributed by atoms with Crippen molar-refractivity contribution in [2.24, 2.45) is 14.1 Å². The van der Waals surface area contributed by atoms with E-state index in [0.29, 0.717) is 5.56 Å². The van der Waals surface area contributed by atoms with E-state index < -0.39 is 41.2 Å². The van der Waals surface area contributed by atoms with Gasteiger partial charge in [-0.3, -0.25) is 18.7 Å². The molecule has 0 bridgehead atoms. The summed E-state index contributed by atoms with van der Waals surface area (Å²) >= 11 is 0.956. The van der Waals surface area contributed by atoms with Gasteiger partial charge in [0.05, 0.1) is 12.1 Å². The Morgan fingerprint density at radius 2 is 1.86 bits per heavy atom. The van der Waals surface area contributed by atoms with Crippen molar-refractivity contribution in [2.75, 3.05) is 5.32 Å². The highest BCUT2D eigenvalue weighted by Gasteiger charge is 2.22. The second kappa shape index (κ2) is 9.02. The maximum atomic E-state index is 14.0. The first-order valence-electron chi connectivity index (χ1n) is 9.85. The van der Waals surface area contributed by atoms with E-state index in [1.807, 2.05) is 0 Å². The third kappa shape index (κ3) is 4.43. The molecular weight excluding hydrogens is 496 g/mol. The van der Waals surface area contributed by atoms with Gasteiger partial charge in [0.2, 0.25) is 11.6 Å². The van der Waals surface area contributed by atoms with Crippen LogP contribution in [0.5, 0.6) is 5.75 Å². The molecule has 0 spiro atoms. The summed E-state index contributed by atoms with van der Waals surface area (Å²) in [4.78, 5) is 41.5. The number of fused-ring (bicyclic) bond motifs is 1. The van der Waals surface area contributed by atoms with Crippen LogP contribution in [-0.2, 0) is 25.3 Å². The fourth-order valence-electron chi connectivity index (χ4n) is 3.50. The molecule has 1 aromatic carbocycles. The highest BCUT2D eigenvalue weighted by molar-refractivity contribution is 7.14. The first-order valence-corrected chi connectivity index (χ1v) is 10.7. The van der Waals surface area contributed by atoms with Crippen LogP contribution in [0.1, 0.15) is 11.3 Å². The molecule has 35 heavy (non-hydrogen) atoms. The molecule has 0 radical (unpaired) electrons. The van der Waals surface area contributed by atoms with Crippen LogP contribution in [0.25, 0.3) is 22.4 Å². The van der Waals surface area contributed by atoms with Crippen molar-refractivity contribution < 1.29 is 31.5 Å². The van der Waals surface area contributed by atoms with Gasteiger partial charge >= 0.3 is 12.3 Å². The lowest BCUT2D eigenvalue weighted by Gasteiger charge is -2.08. The average Bonchev–Trinajstić information content (AvgIpc) is 3.38. The van der Waals surface area contributed by atoms with Gasteiger partial charge < -0.3 is 14.5 Å². The molecule has 9 nitrogen and oxygen atoms in total. The molecule has 0 saturated carbocycles. The molecule has 1 amide bonds. The van der Waals surface area contributed by atoms with Crippen LogP contribution in [-0.4, -0.2) is 26.6 Å². The van der Waals surface area contributed by atoms with E-state index in [2.05, 4.69) is 15.0 Å². The zero-order valence-corrected chi connectivity index (χ0v) is 19.1. The molecule has 1 N–H and O–H groups in total. The zero-order valence-electron chi connectivity index (χ0n) is 18.3. The number of halogens is 4. The Bertz CT molecular complexity index is 1560. The van der Waals surface area contributed by atoms with Gasteiger partial charge in [0.1, 0.15) is 11.1 Å². The second-order valence-electron chi connectivity index (χ2n) is 7.43. The third-order valence-electron chi connectivity index (χ3n) is 5.18. The van der Waals surface area contributed by atoms with Crippen LogP contribution in [0.4, 0.5) is 22.7 Å². The number of hydrogen-bond acceptors (Lipinski definition) is 7. The molecule has 3 aromatic heterocycles. The number of nitrogens with zero attached hydrogens (tertiary/aromatic N) is 3. The largest absolute Gasteiger partial charge is 0.444 e. The van der Waals surface area contributed by atoms with Crippen LogP contribution in [0.3, 0.4) is 0 Å². The Hall–Kier alpha value is -3.94. The fraction of sp³-hybridized carbons (Fsp3) is 0.238. The quantitative estimate of drug-likeness (QED) is 0.397. The van der Waals surface area contributed by atoms with Gasteiger partial charge in [-0.25, -0.2) is 18.6 Å². The number of furan rings is 1. The molecule has 4 rings (SSSR count). The summed E-state index contributed by atoms with van der Waals surface area (Å²) in [5.74, 6) is -4.16. The first-order chi connectivity index (χ1) is 16.5. The molecule has 0 fully saturated rings. The molecule has 0 atom stereocenters. The Kier molecular flexibility index (Phi) is 6.23. The predicted molar refractivity (Wildman–Crippen MR) is 118 cm³/mol. The topological polar surface area (TPSA) is 108 Å². The maximum Gasteiger partial charge on any atom is 0.387 e. The molecule has 184 valence electrons. The number of alkyl halides is 2. The van der Waals surface area contributed by atoms with Crippen molar-refractivity contribution in [2.45, 2.75) is 20.0 Å². The van der Waals surface area contributed by atoms with Gasteiger partial charge in [-0.2, -0.15) is 8.78 Å². The van der Waals surface area contributed by atoms with Gasteiger partial charge in [0, 0.05) is 30.6 Å². The average molecular weight is 512 g/mol. The minimum atomic E-state index is -3.40. The highest BCUT2D eigenvalue weighted by Crippen LogP contribution is 2.32. The van der Waals surface area contributed by atoms with Gasteiger partial charge in [0.15, 0.2) is 22.5 Å². The van der Waals surface area contributed by atoms with Crippen LogP contribution in [0.2, 0.25) is 0 Å². The number of hydrogen-bond donors (Lipinski definition) is 1. The Balaban J connectivity index is 1.57. The number of ether oxygens (including phenoxy) is 1. The lowest BCUT2D eigenvalue weighted by Crippen LogP contribution is -2.36. The van der Waals surface area contributed by atoms with Gasteiger partial charge in [-0.05, 0) is 19.1 Å². The number of anilines is 1. The number of carbonyl (C=O) groups is 1. The number of aromatic nitrogens is 3. The van der Waals surface area contributed by atoms with Crippen molar-refractivity contribution >= 4 is 33.5 Å². The zero-order chi connectivity index (χ0) is 25.6. The molecule has 0 aliphatic rings. The molecule has 14 heteroatoms. The Morgan fingerprint density at radius 1 is 1.20 bits per heavy atom. The normalized spacial score (nSPS) is 11.4. The summed E-state index contributed by atoms with van der Waals surface area (Å²) in [7, 11) is 2.75. The predicted octanol–water partition coefficient (Wildman–Crippen LogP) is 3.32. The van der Waals surface area contributed by atoms with Gasteiger partial charge in [-0.1, -0.05) is 0 Å². The van der Waals surface area contributed by atoms with E-state index in [0.717, 1.165) is 32.6 Å². The summed E-state index contributed by atoms with van der Waals surface area (Å²) in [6.45, 7) is -1.84. The van der Waals surface area contributed by atoms with Gasteiger partial charge in [0.25, 0.3) is 5.56 Å². The molecule has 0 aliphatic carbocycles. The number of benzene rings is 1. The van der Waals surface area contributed by atoms with Crippen molar-refractivity contribution in [1.29, 1.82) is 0 Å². The minimum absolute atomic E-state index is 0.0401. The molecule has 3 heterocycles. The highest BCUT2D eigenvalue weighted by atomic mass is 32.1. The SMILES string of the molecule is Cc1oc2c(c1CC(=O)Nc1nc(-c3cc(F)c(OC(F)F)c(F)c3)cs1)c(=O)n(C)c(=O)n2C. The van der Waals surface area contributed by atoms with Crippen molar-refractivity contribution in [3.8, 4) is 17.0 Å². The summed E-state index contributed by atoms with van der Waals surface area (Å²) in [6.07, 6.45) is -0.274. The lowest BCUT2D eigenvalue weighted by molar-refractivity contribution is -0.115. The van der Waals surface area contributed by atoms with Crippen molar-refractivity contribution in [3.05, 3.63) is 61.3 Å². The summed E-state index contributed by atoms with van der Waals surface area (Å²) < 4.78 is 64.1. The summed E-state index contributed by atoms with van der Waals surface area (Å²) in [6, 6.07) is 1.56. The summed E-state index contributed by atoms with van der Waals surface area (Å²) in [5, 5.41) is 4.12. The fourth-order valence-corrected chi connectivity index (χ4v) is 4.23. The van der Waals surface area contributed by atoms with E-state index in [1.54, 1.807) is 6.92 Å². The summed E-state index contributed by atoms with van der Waals surface area (Å²) in [5.41, 5.74) is -0.825. The smallest absolute Gasteiger partial charge is 0.387 e. The lowest BCUT2D eigenvalue weighted by atomic mass is 10.1. The van der Waals surface area contributed by atoms with E-state index in [4.69, 9.17) is 4.42 Å². The number of carbonyl (C=O) groups excluding carboxylic acids is 1. The molecule has 4 aromatic rings. The van der Waals surface area contributed by atoms with Crippen LogP contribution >= 0.6 is 11.3 Å². The maximum absolute atomic E-state index is 14.0. The number of aryl methyl sites for hydroxylation is 2.